The summed E-state index contributed by atoms with van der Waals surface area (Å²) in [5, 5.41) is 2.30. The molecule has 0 bridgehead atoms. The molecule has 0 aliphatic carbocycles. The first-order chi connectivity index (χ1) is 27.6. The number of benzene rings is 7. The van der Waals surface area contributed by atoms with E-state index in [4.69, 9.17) is 4.42 Å². The maximum Gasteiger partial charge on any atom is 0.252 e. The Morgan fingerprint density at radius 3 is 1.43 bits per heavy atom. The van der Waals surface area contributed by atoms with Gasteiger partial charge in [0, 0.05) is 44.9 Å². The molecule has 0 unspecified atom stereocenters. The Bertz CT molecular complexity index is 2900. The molecule has 0 fully saturated rings. The smallest absolute Gasteiger partial charge is 0.252 e. The highest BCUT2D eigenvalue weighted by Crippen LogP contribution is 2.45. The Morgan fingerprint density at radius 1 is 0.397 bits per heavy atom. The molecule has 4 heteroatoms. The van der Waals surface area contributed by atoms with E-state index < -0.39 is 0 Å². The van der Waals surface area contributed by atoms with Gasteiger partial charge in [-0.2, -0.15) is 0 Å². The van der Waals surface area contributed by atoms with E-state index in [1.807, 2.05) is 12.1 Å². The van der Waals surface area contributed by atoms with E-state index in [1.165, 1.54) is 61.5 Å². The van der Waals surface area contributed by atoms with E-state index in [2.05, 4.69) is 206 Å². The van der Waals surface area contributed by atoms with Crippen molar-refractivity contribution in [2.75, 3.05) is 9.80 Å². The summed E-state index contributed by atoms with van der Waals surface area (Å²) in [5.74, 6) is 0. The largest absolute Gasteiger partial charge is 0.456 e. The minimum absolute atomic E-state index is 0.00147. The van der Waals surface area contributed by atoms with Gasteiger partial charge in [-0.3, -0.25) is 0 Å². The lowest BCUT2D eigenvalue weighted by Gasteiger charge is -2.45. The second-order valence-corrected chi connectivity index (χ2v) is 19.5. The van der Waals surface area contributed by atoms with Crippen LogP contribution in [0.15, 0.2) is 150 Å². The molecule has 10 rings (SSSR count). The van der Waals surface area contributed by atoms with E-state index in [0.29, 0.717) is 0 Å². The molecular formula is C54H51BN2O. The van der Waals surface area contributed by atoms with Crippen LogP contribution in [0, 0.1) is 0 Å². The van der Waals surface area contributed by atoms with Crippen molar-refractivity contribution in [1.82, 2.24) is 0 Å². The minimum atomic E-state index is -0.00611. The van der Waals surface area contributed by atoms with Gasteiger partial charge in [-0.15, -0.1) is 0 Å². The number of anilines is 6. The van der Waals surface area contributed by atoms with Crippen LogP contribution in [0.3, 0.4) is 0 Å². The van der Waals surface area contributed by atoms with Crippen molar-refractivity contribution in [3.63, 3.8) is 0 Å². The number of furan rings is 1. The van der Waals surface area contributed by atoms with Gasteiger partial charge in [-0.1, -0.05) is 141 Å². The van der Waals surface area contributed by atoms with Crippen LogP contribution < -0.4 is 26.2 Å². The fraction of sp³-hybridized carbons (Fsp3) is 0.222. The molecule has 0 saturated heterocycles. The van der Waals surface area contributed by atoms with E-state index in [1.54, 1.807) is 0 Å². The fourth-order valence-corrected chi connectivity index (χ4v) is 9.25. The van der Waals surface area contributed by atoms with Crippen molar-refractivity contribution >= 4 is 79.2 Å². The van der Waals surface area contributed by atoms with E-state index in [9.17, 15) is 0 Å². The standard InChI is InChI=1S/C54H51BN2O/c1-52(2,3)36-20-26-40(27-21-36)57-46-30-23-38(54(7,8)9)33-44(46)55-43-32-37(53(4,5)6)22-29-45(43)56(47-14-12-15-48(57)51(47)55)39-24-17-34(18-25-39)35-19-28-42-41-13-10-11-16-49(41)58-50(42)31-35/h10-33H,1-9H3. The van der Waals surface area contributed by atoms with Gasteiger partial charge in [0.2, 0.25) is 0 Å². The summed E-state index contributed by atoms with van der Waals surface area (Å²) in [4.78, 5) is 5.01. The minimum Gasteiger partial charge on any atom is -0.456 e. The SMILES string of the molecule is CC(C)(C)c1ccc(N2c3ccc(C(C)(C)C)cc3B3c4cc(C(C)(C)C)ccc4N(c4ccc(-c5ccc6c(c5)oc5ccccc56)cc4)c4cccc2c43)cc1. The molecule has 1 aromatic heterocycles. The van der Waals surface area contributed by atoms with Crippen LogP contribution in [0.2, 0.25) is 0 Å². The lowest BCUT2D eigenvalue weighted by atomic mass is 9.33. The Labute approximate surface area is 344 Å². The number of rotatable bonds is 3. The lowest BCUT2D eigenvalue weighted by molar-refractivity contribution is 0.590. The molecule has 2 aliphatic rings. The molecule has 3 nitrogen and oxygen atoms in total. The zero-order valence-corrected chi connectivity index (χ0v) is 35.2. The molecule has 3 heterocycles. The maximum absolute atomic E-state index is 6.28. The third kappa shape index (κ3) is 5.79. The average Bonchev–Trinajstić information content (AvgIpc) is 3.57. The topological polar surface area (TPSA) is 19.6 Å². The van der Waals surface area contributed by atoms with Crippen molar-refractivity contribution in [2.24, 2.45) is 0 Å². The summed E-state index contributed by atoms with van der Waals surface area (Å²) < 4.78 is 6.28. The Kier molecular flexibility index (Phi) is 7.99. The van der Waals surface area contributed by atoms with Crippen LogP contribution in [0.4, 0.5) is 34.1 Å². The van der Waals surface area contributed by atoms with Gasteiger partial charge < -0.3 is 14.2 Å². The van der Waals surface area contributed by atoms with Crippen LogP contribution in [-0.2, 0) is 16.2 Å². The summed E-state index contributed by atoms with van der Waals surface area (Å²) in [6.07, 6.45) is 0. The van der Waals surface area contributed by atoms with Crippen LogP contribution >= 0.6 is 0 Å². The predicted molar refractivity (Wildman–Crippen MR) is 249 cm³/mol. The summed E-state index contributed by atoms with van der Waals surface area (Å²) in [7, 11) is 0. The van der Waals surface area contributed by atoms with Gasteiger partial charge in [0.1, 0.15) is 11.2 Å². The Hall–Kier alpha value is -6.00. The van der Waals surface area contributed by atoms with Gasteiger partial charge in [-0.05, 0) is 127 Å². The number of fused-ring (bicyclic) bond motifs is 7. The molecule has 0 N–H and O–H groups in total. The maximum atomic E-state index is 6.28. The summed E-state index contributed by atoms with van der Waals surface area (Å²) in [6.45, 7) is 20.9. The van der Waals surface area contributed by atoms with Crippen molar-refractivity contribution in [3.8, 4) is 11.1 Å². The van der Waals surface area contributed by atoms with Gasteiger partial charge in [0.25, 0.3) is 6.71 Å². The molecule has 8 aromatic rings. The third-order valence-electron chi connectivity index (χ3n) is 12.6. The lowest BCUT2D eigenvalue weighted by Crippen LogP contribution is -2.61. The van der Waals surface area contributed by atoms with Gasteiger partial charge >= 0.3 is 0 Å². The van der Waals surface area contributed by atoms with Crippen LogP contribution in [0.25, 0.3) is 33.1 Å². The fourth-order valence-electron chi connectivity index (χ4n) is 9.25. The summed E-state index contributed by atoms with van der Waals surface area (Å²) in [5.41, 5.74) is 19.5. The van der Waals surface area contributed by atoms with Crippen molar-refractivity contribution in [2.45, 2.75) is 78.6 Å². The second-order valence-electron chi connectivity index (χ2n) is 19.5. The van der Waals surface area contributed by atoms with Gasteiger partial charge in [-0.25, -0.2) is 0 Å². The monoisotopic (exact) mass is 754 g/mol. The van der Waals surface area contributed by atoms with E-state index >= 15 is 0 Å². The second kappa shape index (κ2) is 12.8. The normalized spacial score (nSPS) is 13.8. The molecule has 7 aromatic carbocycles. The van der Waals surface area contributed by atoms with Crippen molar-refractivity contribution < 1.29 is 4.42 Å². The van der Waals surface area contributed by atoms with E-state index in [-0.39, 0.29) is 23.0 Å². The summed E-state index contributed by atoms with van der Waals surface area (Å²) in [6, 6.07) is 54.6. The molecule has 0 saturated carbocycles. The highest BCUT2D eigenvalue weighted by atomic mass is 16.3. The number of nitrogens with zero attached hydrogens (tertiary/aromatic N) is 2. The highest BCUT2D eigenvalue weighted by Gasteiger charge is 2.44. The van der Waals surface area contributed by atoms with Crippen LogP contribution in [-0.4, -0.2) is 6.71 Å². The quantitative estimate of drug-likeness (QED) is 0.168. The molecule has 0 spiro atoms. The molecular weight excluding hydrogens is 703 g/mol. The van der Waals surface area contributed by atoms with Crippen molar-refractivity contribution in [3.05, 3.63) is 162 Å². The predicted octanol–water partition coefficient (Wildman–Crippen LogP) is 13.2. The first-order valence-electron chi connectivity index (χ1n) is 20.8. The number of hydrogen-bond donors (Lipinski definition) is 0. The average molecular weight is 755 g/mol. The zero-order valence-electron chi connectivity index (χ0n) is 35.2. The van der Waals surface area contributed by atoms with Gasteiger partial charge in [0.05, 0.1) is 0 Å². The van der Waals surface area contributed by atoms with Gasteiger partial charge in [0.15, 0.2) is 0 Å². The third-order valence-corrected chi connectivity index (χ3v) is 12.6. The molecule has 286 valence electrons. The first kappa shape index (κ1) is 36.4. The number of hydrogen-bond acceptors (Lipinski definition) is 3. The molecule has 58 heavy (non-hydrogen) atoms. The molecule has 0 amide bonds. The van der Waals surface area contributed by atoms with Crippen molar-refractivity contribution in [1.29, 1.82) is 0 Å². The zero-order chi connectivity index (χ0) is 40.3. The highest BCUT2D eigenvalue weighted by molar-refractivity contribution is 7.00. The number of para-hydroxylation sites is 1. The Balaban J connectivity index is 1.17. The summed E-state index contributed by atoms with van der Waals surface area (Å²) >= 11 is 0. The first-order valence-corrected chi connectivity index (χ1v) is 20.8. The molecule has 0 atom stereocenters. The van der Waals surface area contributed by atoms with E-state index in [0.717, 1.165) is 38.8 Å². The van der Waals surface area contributed by atoms with Crippen LogP contribution in [0.1, 0.15) is 79.0 Å². The molecule has 2 aliphatic heterocycles. The molecule has 0 radical (unpaired) electrons. The Morgan fingerprint density at radius 2 is 0.879 bits per heavy atom. The van der Waals surface area contributed by atoms with Crippen LogP contribution in [0.5, 0.6) is 0 Å².